The number of rotatable bonds is 8. The van der Waals surface area contributed by atoms with Gasteiger partial charge in [0.25, 0.3) is 0 Å². The lowest BCUT2D eigenvalue weighted by Gasteiger charge is -2.37. The van der Waals surface area contributed by atoms with Gasteiger partial charge in [0.15, 0.2) is 0 Å². The zero-order valence-electron chi connectivity index (χ0n) is 15.0. The van der Waals surface area contributed by atoms with Crippen molar-refractivity contribution in [1.29, 1.82) is 0 Å². The average molecular weight is 321 g/mol. The number of alkyl halides is 1. The van der Waals surface area contributed by atoms with Crippen molar-refractivity contribution in [3.05, 3.63) is 29.8 Å². The van der Waals surface area contributed by atoms with E-state index >= 15 is 4.39 Å². The number of hydrogen-bond donors (Lipinski definition) is 0. The van der Waals surface area contributed by atoms with Crippen LogP contribution in [0.25, 0.3) is 0 Å². The number of methoxy groups -OCH3 is 1. The van der Waals surface area contributed by atoms with Crippen LogP contribution in [0.1, 0.15) is 57.9 Å². The SMILES string of the molecule is CCCC(C)CCCN1CCC(F)(c2cccc(OC)c2)CC1. The van der Waals surface area contributed by atoms with Gasteiger partial charge in [0.2, 0.25) is 0 Å². The molecule has 3 heteroatoms. The van der Waals surface area contributed by atoms with Crippen LogP contribution in [0.4, 0.5) is 4.39 Å². The van der Waals surface area contributed by atoms with Crippen LogP contribution in [0.5, 0.6) is 5.75 Å². The number of ether oxygens (including phenoxy) is 1. The lowest BCUT2D eigenvalue weighted by Crippen LogP contribution is -2.40. The zero-order chi connectivity index (χ0) is 16.7. The predicted octanol–water partition coefficient (Wildman–Crippen LogP) is 5.17. The lowest BCUT2D eigenvalue weighted by molar-refractivity contribution is 0.0546. The number of halogens is 1. The second-order valence-electron chi connectivity index (χ2n) is 7.07. The highest BCUT2D eigenvalue weighted by Crippen LogP contribution is 2.38. The second kappa shape index (κ2) is 8.68. The molecule has 0 aliphatic carbocycles. The van der Waals surface area contributed by atoms with Crippen LogP contribution in [0, 0.1) is 5.92 Å². The minimum absolute atomic E-state index is 0.588. The molecule has 0 spiro atoms. The van der Waals surface area contributed by atoms with Crippen LogP contribution in [0.2, 0.25) is 0 Å². The van der Waals surface area contributed by atoms with Crippen LogP contribution in [-0.4, -0.2) is 31.6 Å². The normalized spacial score (nSPS) is 19.5. The Labute approximate surface area is 141 Å². The fourth-order valence-corrected chi connectivity index (χ4v) is 3.62. The van der Waals surface area contributed by atoms with Gasteiger partial charge >= 0.3 is 0 Å². The van der Waals surface area contributed by atoms with E-state index in [4.69, 9.17) is 4.74 Å². The number of piperidine rings is 1. The van der Waals surface area contributed by atoms with Crippen LogP contribution in [0.15, 0.2) is 24.3 Å². The fraction of sp³-hybridized carbons (Fsp3) is 0.700. The number of nitrogens with zero attached hydrogens (tertiary/aromatic N) is 1. The summed E-state index contributed by atoms with van der Waals surface area (Å²) in [6.07, 6.45) is 6.30. The fourth-order valence-electron chi connectivity index (χ4n) is 3.62. The van der Waals surface area contributed by atoms with Gasteiger partial charge in [-0.1, -0.05) is 38.8 Å². The van der Waals surface area contributed by atoms with E-state index in [0.717, 1.165) is 36.9 Å². The van der Waals surface area contributed by atoms with Crippen LogP contribution >= 0.6 is 0 Å². The molecule has 1 aromatic rings. The van der Waals surface area contributed by atoms with Gasteiger partial charge in [-0.05, 0) is 55.8 Å². The van der Waals surface area contributed by atoms with Gasteiger partial charge in [-0.3, -0.25) is 0 Å². The molecule has 0 radical (unpaired) electrons. The van der Waals surface area contributed by atoms with Gasteiger partial charge in [-0.15, -0.1) is 0 Å². The van der Waals surface area contributed by atoms with E-state index in [0.29, 0.717) is 12.8 Å². The first-order valence-corrected chi connectivity index (χ1v) is 9.13. The van der Waals surface area contributed by atoms with Gasteiger partial charge in [0, 0.05) is 13.1 Å². The van der Waals surface area contributed by atoms with E-state index in [1.165, 1.54) is 25.7 Å². The monoisotopic (exact) mass is 321 g/mol. The maximum Gasteiger partial charge on any atom is 0.138 e. The Morgan fingerprint density at radius 1 is 1.26 bits per heavy atom. The van der Waals surface area contributed by atoms with Crippen molar-refractivity contribution >= 4 is 0 Å². The van der Waals surface area contributed by atoms with Crippen molar-refractivity contribution in [2.45, 2.75) is 58.0 Å². The van der Waals surface area contributed by atoms with E-state index < -0.39 is 5.67 Å². The highest BCUT2D eigenvalue weighted by atomic mass is 19.1. The largest absolute Gasteiger partial charge is 0.497 e. The third-order valence-corrected chi connectivity index (χ3v) is 5.19. The molecule has 1 unspecified atom stereocenters. The van der Waals surface area contributed by atoms with Gasteiger partial charge in [0.1, 0.15) is 11.4 Å². The summed E-state index contributed by atoms with van der Waals surface area (Å²) in [5.74, 6) is 1.56. The smallest absolute Gasteiger partial charge is 0.138 e. The van der Waals surface area contributed by atoms with E-state index in [2.05, 4.69) is 18.7 Å². The summed E-state index contributed by atoms with van der Waals surface area (Å²) in [5, 5.41) is 0. The molecule has 130 valence electrons. The van der Waals surface area contributed by atoms with Crippen molar-refractivity contribution in [3.8, 4) is 5.75 Å². The van der Waals surface area contributed by atoms with Crippen LogP contribution < -0.4 is 4.74 Å². The molecule has 0 saturated carbocycles. The second-order valence-corrected chi connectivity index (χ2v) is 7.07. The Balaban J connectivity index is 1.80. The van der Waals surface area contributed by atoms with E-state index in [1.807, 2.05) is 24.3 Å². The van der Waals surface area contributed by atoms with Crippen LogP contribution in [-0.2, 0) is 5.67 Å². The summed E-state index contributed by atoms with van der Waals surface area (Å²) >= 11 is 0. The van der Waals surface area contributed by atoms with Gasteiger partial charge in [0.05, 0.1) is 7.11 Å². The molecular weight excluding hydrogens is 289 g/mol. The first-order valence-electron chi connectivity index (χ1n) is 9.13. The summed E-state index contributed by atoms with van der Waals surface area (Å²) in [5.41, 5.74) is -0.423. The van der Waals surface area contributed by atoms with Crippen molar-refractivity contribution in [3.63, 3.8) is 0 Å². The maximum atomic E-state index is 15.3. The molecule has 1 aliphatic rings. The topological polar surface area (TPSA) is 12.5 Å². The van der Waals surface area contributed by atoms with Crippen molar-refractivity contribution < 1.29 is 9.13 Å². The third-order valence-electron chi connectivity index (χ3n) is 5.19. The van der Waals surface area contributed by atoms with Crippen molar-refractivity contribution in [2.24, 2.45) is 5.92 Å². The quantitative estimate of drug-likeness (QED) is 0.655. The first kappa shape index (κ1) is 18.3. The third kappa shape index (κ3) is 5.20. The van der Waals surface area contributed by atoms with E-state index in [9.17, 15) is 0 Å². The number of likely N-dealkylation sites (tertiary alicyclic amines) is 1. The van der Waals surface area contributed by atoms with Crippen LogP contribution in [0.3, 0.4) is 0 Å². The summed E-state index contributed by atoms with van der Waals surface area (Å²) in [6.45, 7) is 7.42. The summed E-state index contributed by atoms with van der Waals surface area (Å²) in [6, 6.07) is 7.50. The standard InChI is InChI=1S/C20H32FNO/c1-4-7-17(2)8-6-13-22-14-11-20(21,12-15-22)18-9-5-10-19(16-18)23-3/h5,9-10,16-17H,4,6-8,11-15H2,1-3H3. The maximum absolute atomic E-state index is 15.3. The van der Waals surface area contributed by atoms with Crippen molar-refractivity contribution in [2.75, 3.05) is 26.7 Å². The van der Waals surface area contributed by atoms with E-state index in [-0.39, 0.29) is 0 Å². The Morgan fingerprint density at radius 2 is 2.00 bits per heavy atom. The zero-order valence-corrected chi connectivity index (χ0v) is 15.0. The van der Waals surface area contributed by atoms with Gasteiger partial charge in [-0.25, -0.2) is 4.39 Å². The summed E-state index contributed by atoms with van der Waals surface area (Å²) in [4.78, 5) is 2.43. The molecule has 0 amide bonds. The Kier molecular flexibility index (Phi) is 6.88. The van der Waals surface area contributed by atoms with Gasteiger partial charge in [-0.2, -0.15) is 0 Å². The molecule has 1 fully saturated rings. The predicted molar refractivity (Wildman–Crippen MR) is 94.8 cm³/mol. The molecule has 2 nitrogen and oxygen atoms in total. The average Bonchev–Trinajstić information content (AvgIpc) is 2.57. The Bertz CT molecular complexity index is 468. The molecule has 0 N–H and O–H groups in total. The molecule has 23 heavy (non-hydrogen) atoms. The molecule has 1 aliphatic heterocycles. The van der Waals surface area contributed by atoms with E-state index in [1.54, 1.807) is 7.11 Å². The molecule has 1 atom stereocenters. The minimum Gasteiger partial charge on any atom is -0.497 e. The highest BCUT2D eigenvalue weighted by Gasteiger charge is 2.36. The first-order chi connectivity index (χ1) is 11.1. The Hall–Kier alpha value is -1.09. The number of hydrogen-bond acceptors (Lipinski definition) is 2. The molecule has 1 heterocycles. The number of benzene rings is 1. The lowest BCUT2D eigenvalue weighted by atomic mass is 9.86. The summed E-state index contributed by atoms with van der Waals surface area (Å²) in [7, 11) is 1.63. The van der Waals surface area contributed by atoms with Gasteiger partial charge < -0.3 is 9.64 Å². The molecule has 1 aromatic carbocycles. The Morgan fingerprint density at radius 3 is 2.65 bits per heavy atom. The molecular formula is C20H32FNO. The highest BCUT2D eigenvalue weighted by molar-refractivity contribution is 5.32. The minimum atomic E-state index is -1.19. The molecule has 0 aromatic heterocycles. The molecule has 1 saturated heterocycles. The molecule has 0 bridgehead atoms. The summed E-state index contributed by atoms with van der Waals surface area (Å²) < 4.78 is 20.5. The molecule has 2 rings (SSSR count). The van der Waals surface area contributed by atoms with Crippen molar-refractivity contribution in [1.82, 2.24) is 4.90 Å².